The lowest BCUT2D eigenvalue weighted by atomic mass is 9.93. The van der Waals surface area contributed by atoms with Gasteiger partial charge in [-0.05, 0) is 90.6 Å². The number of primary amides is 5. The number of amides is 7. The molecule has 2 unspecified atom stereocenters. The number of carbonyl (C=O) groups excluding carboxylic acids is 8. The lowest BCUT2D eigenvalue weighted by Gasteiger charge is -2.16. The number of Topliss-reactive ketones (excluding diaryl/α,β-unsaturated/α-hetero) is 1. The van der Waals surface area contributed by atoms with Crippen LogP contribution in [-0.4, -0.2) is 181 Å². The zero-order valence-electron chi connectivity index (χ0n) is 62.1. The third-order valence-corrected chi connectivity index (χ3v) is 18.9. The Morgan fingerprint density at radius 1 is 0.500 bits per heavy atom. The highest BCUT2D eigenvalue weighted by Gasteiger charge is 2.44. The van der Waals surface area contributed by atoms with Crippen molar-refractivity contribution >= 4 is 123 Å². The number of rotatable bonds is 40. The van der Waals surface area contributed by atoms with Crippen LogP contribution in [0.4, 0.5) is 33.7 Å². The standard InChI is InChI=1S/C33H42N10O6S2.C12H16N2O3.C11H16N4O2S2.C7H16N4O2.CHF3O3S.2H2/c34-14-28(46)42-24(30(36)48)10-18-2-4-26(44)20(8-18)12-22-16-40-32(50-22)38-6-1-7-39-33-41-17-23(51-33)13-21-9-19(3-5-27(21)45)11-25(31(37)49)43-29(47)15-35;13-7-11(16)6-9(12(14)17)5-8-1-3-10(15)4-2-8;16-6-8-4-14-10(18-8)12-2-1-3-13-11-15-5-9(7-17)19-11;8-4(6(10)12)2-1-3-5(9)7(11)13;2-1(3,4)8(5,6)7;;/h2-5,8-9,16-17,24-25,44-45H,1,6-7,10-15,34-35H2,(H2,36,48)(H2,37,49)(H,38,40)(H,39,41)(H,42,46)(H,43,47);1-4,9,15H,5-7,13H2,(H2,14,17);4-5,16-17H,1-3,6-7H2,(H,12,14)(H,13,15);4-5H,1-3,8-9H2,(H2,10,12)(H2,11,13);(H,5,6,7);2*1H/t24-,25-;9-;;;;;/m01...../s1/i;;;;;2*1+2T. The average molecular weight is 1630 g/mol. The second kappa shape index (κ2) is 47.8. The van der Waals surface area contributed by atoms with E-state index in [0.29, 0.717) is 62.7 Å². The summed E-state index contributed by atoms with van der Waals surface area (Å²) in [5.41, 5.74) is 50.6. The molecule has 7 amide bonds. The number of nitrogens with two attached hydrogens (primary N) is 10. The maximum absolute atomic E-state index is 11.8. The van der Waals surface area contributed by atoms with Gasteiger partial charge >= 0.3 is 15.6 Å². The molecule has 7 aromatic rings. The lowest BCUT2D eigenvalue weighted by molar-refractivity contribution is -0.126. The summed E-state index contributed by atoms with van der Waals surface area (Å²) in [4.78, 5) is 111. The molecule has 5 atom stereocenters. The van der Waals surface area contributed by atoms with Gasteiger partial charge in [0.2, 0.25) is 41.4 Å². The van der Waals surface area contributed by atoms with Crippen LogP contribution >= 0.6 is 45.3 Å². The van der Waals surface area contributed by atoms with Crippen molar-refractivity contribution < 1.29 is 96.0 Å². The van der Waals surface area contributed by atoms with E-state index in [0.717, 1.165) is 82.7 Å². The predicted molar refractivity (Wildman–Crippen MR) is 406 cm³/mol. The first-order valence-electron chi connectivity index (χ1n) is 34.6. The summed E-state index contributed by atoms with van der Waals surface area (Å²) >= 11 is 5.86. The molecule has 0 bridgehead atoms. The maximum Gasteiger partial charge on any atom is 0.522 e. The molecule has 0 aliphatic rings. The van der Waals surface area contributed by atoms with E-state index in [1.807, 2.05) is 0 Å². The molecule has 7 rings (SSSR count). The Labute approximate surface area is 640 Å². The molecule has 108 heavy (non-hydrogen) atoms. The van der Waals surface area contributed by atoms with Crippen LogP contribution in [0.5, 0.6) is 17.2 Å². The quantitative estimate of drug-likeness (QED) is 0.0138. The number of carbonyl (C=O) groups is 8. The van der Waals surface area contributed by atoms with Crippen LogP contribution in [0.1, 0.15) is 91.8 Å². The third-order valence-electron chi connectivity index (χ3n) is 14.5. The summed E-state index contributed by atoms with van der Waals surface area (Å²) < 4.78 is 77.5. The molecule has 598 valence electrons. The van der Waals surface area contributed by atoms with Crippen LogP contribution in [-0.2, 0) is 93.8 Å². The van der Waals surface area contributed by atoms with Crippen molar-refractivity contribution in [3.63, 3.8) is 0 Å². The van der Waals surface area contributed by atoms with Crippen molar-refractivity contribution in [2.45, 2.75) is 114 Å². The van der Waals surface area contributed by atoms with Gasteiger partial charge in [-0.25, -0.2) is 19.9 Å². The second-order valence-corrected chi connectivity index (χ2v) is 29.1. The molecular weight excluding hydrogens is 1520 g/mol. The van der Waals surface area contributed by atoms with Gasteiger partial charge in [-0.15, -0.1) is 22.7 Å². The summed E-state index contributed by atoms with van der Waals surface area (Å²) in [5.74, 6) is -4.31. The molecule has 0 saturated heterocycles. The number of hydrogen-bond acceptors (Lipinski definition) is 32. The minimum atomic E-state index is -5.84. The highest BCUT2D eigenvalue weighted by atomic mass is 32.2. The maximum atomic E-state index is 11.8. The smallest absolute Gasteiger partial charge is 0.508 e. The number of thiazole rings is 4. The zero-order valence-corrected chi connectivity index (χ0v) is 62.2. The van der Waals surface area contributed by atoms with Crippen LogP contribution in [0.3, 0.4) is 0 Å². The topological polar surface area (TPSA) is 676 Å². The summed E-state index contributed by atoms with van der Waals surface area (Å²) in [6, 6.07) is 13.3. The monoisotopic (exact) mass is 1620 g/mol. The lowest BCUT2D eigenvalue weighted by Crippen LogP contribution is -2.47. The van der Waals surface area contributed by atoms with Gasteiger partial charge in [0, 0.05) is 105 Å². The summed E-state index contributed by atoms with van der Waals surface area (Å²) in [6.07, 6.45) is 11.6. The number of aliphatic hydroxyl groups excluding tert-OH is 2. The van der Waals surface area contributed by atoms with Gasteiger partial charge in [0.15, 0.2) is 20.5 Å². The fourth-order valence-corrected chi connectivity index (χ4v) is 11.9. The van der Waals surface area contributed by atoms with Crippen LogP contribution < -0.4 is 89.2 Å². The molecule has 4 heterocycles. The highest BCUT2D eigenvalue weighted by molar-refractivity contribution is 7.86. The molecule has 0 fully saturated rings. The Morgan fingerprint density at radius 2 is 0.843 bits per heavy atom. The zero-order chi connectivity index (χ0) is 84.7. The number of benzene rings is 3. The SMILES string of the molecule is NC(=O)C(N)CCCC(N)C(N)=O.NCC(=O)C[C@@H](Cc1ccc(O)cc1)C(N)=O.NCC(=O)N[C@@H](Cc1ccc(O)c(Cc2cnc(NCCCNc3ncc(Cc4cc(C[C@H](NC(=O)CN)C(N)=O)ccc4O)s3)s2)c1)C(N)=O.O=S(=O)(O)C(F)(F)F.OCc1cnc(NCCCNc2ncc(CO)s2)s1.[3H][3H].[3H][3H]. The highest BCUT2D eigenvalue weighted by Crippen LogP contribution is 2.30. The predicted octanol–water partition coefficient (Wildman–Crippen LogP) is 0.169. The van der Waals surface area contributed by atoms with Gasteiger partial charge < -0.3 is 115 Å². The number of phenols is 3. The Morgan fingerprint density at radius 3 is 1.14 bits per heavy atom. The van der Waals surface area contributed by atoms with Gasteiger partial charge in [-0.1, -0.05) is 59.1 Å². The van der Waals surface area contributed by atoms with E-state index in [1.54, 1.807) is 73.3 Å². The molecule has 36 nitrogen and oxygen atoms in total. The molecule has 4 aromatic heterocycles. The second-order valence-electron chi connectivity index (χ2n) is 23.2. The molecule has 3 aromatic carbocycles. The minimum Gasteiger partial charge on any atom is -0.508 e. The molecule has 32 N–H and O–H groups in total. The first-order valence-corrected chi connectivity index (χ1v) is 37.3. The molecule has 44 heteroatoms. The van der Waals surface area contributed by atoms with Crippen molar-refractivity contribution in [2.75, 3.05) is 67.1 Å². The number of hydrogen-bond donors (Lipinski definition) is 22. The molecular formula is C64H95F3N20O16S5. The van der Waals surface area contributed by atoms with E-state index < -0.39 is 87.1 Å². The number of alkyl halides is 3. The Hall–Kier alpha value is -9.84. The Bertz CT molecular complexity index is 3950. The van der Waals surface area contributed by atoms with Gasteiger partial charge in [0.1, 0.15) is 35.1 Å². The number of aliphatic hydroxyl groups is 2. The van der Waals surface area contributed by atoms with E-state index in [2.05, 4.69) is 51.8 Å². The number of ketones is 1. The molecule has 0 radical (unpaired) electrons. The first-order chi connectivity index (χ1) is 53.0. The van der Waals surface area contributed by atoms with E-state index >= 15 is 0 Å². The average Bonchev–Trinajstić information content (AvgIpc) is 1.28. The fraction of sp³-hybridized carbons (Fsp3) is 0.406. The van der Waals surface area contributed by atoms with Gasteiger partial charge in [0.05, 0.1) is 54.7 Å². The Kier molecular flexibility index (Phi) is 39.3. The van der Waals surface area contributed by atoms with Crippen molar-refractivity contribution in [2.24, 2.45) is 63.3 Å². The first kappa shape index (κ1) is 88.8. The summed E-state index contributed by atoms with van der Waals surface area (Å²) in [5, 5.41) is 69.0. The van der Waals surface area contributed by atoms with E-state index in [1.165, 1.54) is 57.5 Å². The number of aromatic hydroxyl groups is 3. The molecule has 0 saturated carbocycles. The van der Waals surface area contributed by atoms with Crippen LogP contribution in [0.2, 0.25) is 0 Å². The molecule has 0 spiro atoms. The number of nitrogens with zero attached hydrogens (tertiary/aromatic N) is 4. The largest absolute Gasteiger partial charge is 0.522 e. The van der Waals surface area contributed by atoms with Gasteiger partial charge in [-0.2, -0.15) is 21.6 Å². The van der Waals surface area contributed by atoms with Crippen LogP contribution in [0.15, 0.2) is 85.5 Å². The summed E-state index contributed by atoms with van der Waals surface area (Å²) in [7, 11) is -5.84. The van der Waals surface area contributed by atoms with Crippen LogP contribution in [0.25, 0.3) is 0 Å². The van der Waals surface area contributed by atoms with E-state index in [-0.39, 0.29) is 75.1 Å². The van der Waals surface area contributed by atoms with Crippen LogP contribution in [0, 0.1) is 5.92 Å². The van der Waals surface area contributed by atoms with Crippen molar-refractivity contribution in [1.29, 1.82) is 0 Å². The van der Waals surface area contributed by atoms with Crippen molar-refractivity contribution in [3.05, 3.63) is 133 Å². The normalized spacial score (nSPS) is 12.5. The number of aromatic nitrogens is 4. The van der Waals surface area contributed by atoms with Crippen molar-refractivity contribution in [3.8, 4) is 17.2 Å². The number of phenolic OH excluding ortho intramolecular Hbond substituents is 3. The van der Waals surface area contributed by atoms with E-state index in [9.17, 15) is 61.7 Å². The molecule has 0 aliphatic heterocycles. The summed E-state index contributed by atoms with van der Waals surface area (Å²) in [6.45, 7) is 2.40. The number of nitrogens with one attached hydrogen (secondary N) is 6. The van der Waals surface area contributed by atoms with E-state index in [4.69, 9.17) is 91.6 Å². The minimum absolute atomic E-state index is 0.0398. The molecule has 0 aliphatic carbocycles. The fourth-order valence-electron chi connectivity index (χ4n) is 8.83. The number of halogens is 3. The number of anilines is 4. The van der Waals surface area contributed by atoms with Crippen molar-refractivity contribution in [1.82, 2.24) is 30.6 Å². The van der Waals surface area contributed by atoms with Gasteiger partial charge in [0.25, 0.3) is 0 Å². The third kappa shape index (κ3) is 36.2. The van der Waals surface area contributed by atoms with Gasteiger partial charge in [-0.3, -0.25) is 42.9 Å². The Balaban J connectivity index is 0.000000832.